The van der Waals surface area contributed by atoms with Crippen LogP contribution in [0.25, 0.3) is 6.08 Å². The van der Waals surface area contributed by atoms with Crippen molar-refractivity contribution in [2.24, 2.45) is 0 Å². The van der Waals surface area contributed by atoms with Crippen LogP contribution in [0, 0.1) is 0 Å². The van der Waals surface area contributed by atoms with E-state index in [9.17, 15) is 19.5 Å². The minimum atomic E-state index is -1.44. The molecule has 0 aliphatic carbocycles. The van der Waals surface area contributed by atoms with E-state index in [-0.39, 0.29) is 11.5 Å². The van der Waals surface area contributed by atoms with Gasteiger partial charge in [-0.2, -0.15) is 0 Å². The molecule has 2 amide bonds. The third-order valence-electron chi connectivity index (χ3n) is 3.10. The summed E-state index contributed by atoms with van der Waals surface area (Å²) in [6, 6.07) is 8.76. The molecule has 1 atom stereocenters. The summed E-state index contributed by atoms with van der Waals surface area (Å²) < 4.78 is 5.76. The Morgan fingerprint density at radius 3 is 2.60 bits per heavy atom. The summed E-state index contributed by atoms with van der Waals surface area (Å²) >= 11 is 3.31. The number of carbonyl (C=O) groups is 3. The smallest absolute Gasteiger partial charge is 0.291 e. The molecule has 2 N–H and O–H groups in total. The Bertz CT molecular complexity index is 814. The predicted octanol–water partition coefficient (Wildman–Crippen LogP) is 1.07. The zero-order chi connectivity index (χ0) is 18.4. The largest absolute Gasteiger partial charge is 0.548 e. The Hall–Kier alpha value is -2.87. The molecule has 130 valence electrons. The number of hydrogen-bond acceptors (Lipinski definition) is 5. The lowest BCUT2D eigenvalue weighted by Crippen LogP contribution is -2.48. The first-order valence-electron chi connectivity index (χ1n) is 7.20. The van der Waals surface area contributed by atoms with Crippen LogP contribution in [0.1, 0.15) is 23.0 Å². The van der Waals surface area contributed by atoms with Crippen molar-refractivity contribution in [1.29, 1.82) is 0 Å². The van der Waals surface area contributed by atoms with Gasteiger partial charge in [0, 0.05) is 4.47 Å². The van der Waals surface area contributed by atoms with Gasteiger partial charge in [0.1, 0.15) is 5.70 Å². The zero-order valence-electron chi connectivity index (χ0n) is 13.1. The number of aliphatic carboxylic acids is 1. The molecule has 0 saturated heterocycles. The topological polar surface area (TPSA) is 111 Å². The van der Waals surface area contributed by atoms with Crippen LogP contribution in [-0.2, 0) is 9.59 Å². The van der Waals surface area contributed by atoms with Crippen molar-refractivity contribution < 1.29 is 23.9 Å². The molecule has 0 unspecified atom stereocenters. The highest BCUT2D eigenvalue weighted by molar-refractivity contribution is 9.10. The standard InChI is InChI=1S/C17H15BrN2O5/c1-10(17(23)24)19-15(21)13(9-11-4-2-5-12(18)8-11)20-16(22)14-6-3-7-25-14/h2-10H,1H3,(H,19,21)(H,20,22)(H,23,24)/p-1/b13-9+/t10-/m1/s1. The first-order chi connectivity index (χ1) is 11.9. The monoisotopic (exact) mass is 405 g/mol. The first kappa shape index (κ1) is 18.5. The molecule has 2 rings (SSSR count). The molecule has 0 radical (unpaired) electrons. The summed E-state index contributed by atoms with van der Waals surface area (Å²) in [6.07, 6.45) is 2.74. The summed E-state index contributed by atoms with van der Waals surface area (Å²) in [6.45, 7) is 1.26. The van der Waals surface area contributed by atoms with Gasteiger partial charge in [0.25, 0.3) is 11.8 Å². The van der Waals surface area contributed by atoms with Crippen LogP contribution in [0.2, 0.25) is 0 Å². The minimum absolute atomic E-state index is 0.0147. The molecular weight excluding hydrogens is 392 g/mol. The van der Waals surface area contributed by atoms with E-state index in [1.165, 1.54) is 31.4 Å². The van der Waals surface area contributed by atoms with Crippen LogP contribution >= 0.6 is 15.9 Å². The molecular formula is C17H14BrN2O5-. The van der Waals surface area contributed by atoms with E-state index in [0.717, 1.165) is 4.47 Å². The molecule has 0 fully saturated rings. The third kappa shape index (κ3) is 5.32. The van der Waals surface area contributed by atoms with Crippen molar-refractivity contribution in [3.8, 4) is 0 Å². The fourth-order valence-electron chi connectivity index (χ4n) is 1.85. The maximum absolute atomic E-state index is 12.3. The summed E-state index contributed by atoms with van der Waals surface area (Å²) in [5, 5.41) is 15.5. The quantitative estimate of drug-likeness (QED) is 0.698. The minimum Gasteiger partial charge on any atom is -0.548 e. The highest BCUT2D eigenvalue weighted by Gasteiger charge is 2.18. The second kappa shape index (κ2) is 8.29. The van der Waals surface area contributed by atoms with Gasteiger partial charge in [0.15, 0.2) is 5.76 Å². The van der Waals surface area contributed by atoms with Crippen LogP contribution in [0.5, 0.6) is 0 Å². The van der Waals surface area contributed by atoms with Gasteiger partial charge in [0.2, 0.25) is 0 Å². The Labute approximate surface area is 151 Å². The number of carboxylic acid groups (broad SMARTS) is 1. The van der Waals surface area contributed by atoms with Gasteiger partial charge >= 0.3 is 0 Å². The Morgan fingerprint density at radius 1 is 1.24 bits per heavy atom. The summed E-state index contributed by atoms with van der Waals surface area (Å²) in [7, 11) is 0. The number of carbonyl (C=O) groups excluding carboxylic acids is 3. The van der Waals surface area contributed by atoms with Gasteiger partial charge in [-0.15, -0.1) is 0 Å². The number of benzene rings is 1. The van der Waals surface area contributed by atoms with Crippen LogP contribution in [-0.4, -0.2) is 23.8 Å². The van der Waals surface area contributed by atoms with E-state index >= 15 is 0 Å². The van der Waals surface area contributed by atoms with Gasteiger partial charge < -0.3 is 25.0 Å². The van der Waals surface area contributed by atoms with Gasteiger partial charge in [-0.25, -0.2) is 0 Å². The molecule has 0 aliphatic rings. The van der Waals surface area contributed by atoms with Crippen molar-refractivity contribution in [2.45, 2.75) is 13.0 Å². The van der Waals surface area contributed by atoms with Crippen molar-refractivity contribution in [1.82, 2.24) is 10.6 Å². The Balaban J connectivity index is 2.28. The van der Waals surface area contributed by atoms with E-state index in [0.29, 0.717) is 5.56 Å². The molecule has 0 bridgehead atoms. The maximum Gasteiger partial charge on any atom is 0.291 e. The van der Waals surface area contributed by atoms with Crippen LogP contribution in [0.4, 0.5) is 0 Å². The highest BCUT2D eigenvalue weighted by Crippen LogP contribution is 2.14. The number of halogens is 1. The average Bonchev–Trinajstić information content (AvgIpc) is 3.08. The molecule has 25 heavy (non-hydrogen) atoms. The maximum atomic E-state index is 12.3. The second-order valence-corrected chi connectivity index (χ2v) is 5.97. The molecule has 0 aliphatic heterocycles. The number of amides is 2. The van der Waals surface area contributed by atoms with Gasteiger partial charge in [-0.1, -0.05) is 28.1 Å². The van der Waals surface area contributed by atoms with Crippen LogP contribution < -0.4 is 15.7 Å². The fraction of sp³-hybridized carbons (Fsp3) is 0.118. The number of rotatable bonds is 6. The van der Waals surface area contributed by atoms with E-state index in [1.807, 2.05) is 0 Å². The number of hydrogen-bond donors (Lipinski definition) is 2. The van der Waals surface area contributed by atoms with Crippen molar-refractivity contribution in [2.75, 3.05) is 0 Å². The highest BCUT2D eigenvalue weighted by atomic mass is 79.9. The molecule has 0 spiro atoms. The Kier molecular flexibility index (Phi) is 6.13. The SMILES string of the molecule is C[C@@H](NC(=O)/C(=C\c1cccc(Br)c1)NC(=O)c1ccco1)C(=O)[O-]. The average molecular weight is 406 g/mol. The molecule has 1 aromatic heterocycles. The van der Waals surface area contributed by atoms with Crippen LogP contribution in [0.15, 0.2) is 57.2 Å². The number of carboxylic acids is 1. The number of furan rings is 1. The summed E-state index contributed by atoms with van der Waals surface area (Å²) in [4.78, 5) is 35.3. The summed E-state index contributed by atoms with van der Waals surface area (Å²) in [5.74, 6) is -2.83. The zero-order valence-corrected chi connectivity index (χ0v) is 14.7. The molecule has 7 nitrogen and oxygen atoms in total. The van der Waals surface area contributed by atoms with Crippen LogP contribution in [0.3, 0.4) is 0 Å². The van der Waals surface area contributed by atoms with Crippen molar-refractivity contribution in [3.05, 3.63) is 64.2 Å². The molecule has 0 saturated carbocycles. The van der Waals surface area contributed by atoms with E-state index in [2.05, 4.69) is 26.6 Å². The predicted molar refractivity (Wildman–Crippen MR) is 90.9 cm³/mol. The lowest BCUT2D eigenvalue weighted by Gasteiger charge is -2.16. The lowest BCUT2D eigenvalue weighted by molar-refractivity contribution is -0.307. The van der Waals surface area contributed by atoms with E-state index < -0.39 is 23.8 Å². The molecule has 8 heteroatoms. The van der Waals surface area contributed by atoms with Gasteiger partial charge in [-0.3, -0.25) is 9.59 Å². The normalized spacial score (nSPS) is 12.3. The number of nitrogens with one attached hydrogen (secondary N) is 2. The molecule has 1 aromatic carbocycles. The summed E-state index contributed by atoms with van der Waals surface area (Å²) in [5.41, 5.74) is 0.493. The second-order valence-electron chi connectivity index (χ2n) is 5.06. The third-order valence-corrected chi connectivity index (χ3v) is 3.59. The van der Waals surface area contributed by atoms with Gasteiger partial charge in [0.05, 0.1) is 18.3 Å². The van der Waals surface area contributed by atoms with Crippen molar-refractivity contribution in [3.63, 3.8) is 0 Å². The van der Waals surface area contributed by atoms with Gasteiger partial charge in [-0.05, 0) is 42.8 Å². The van der Waals surface area contributed by atoms with E-state index in [4.69, 9.17) is 4.42 Å². The first-order valence-corrected chi connectivity index (χ1v) is 8.00. The van der Waals surface area contributed by atoms with Crippen molar-refractivity contribution >= 4 is 39.8 Å². The molecule has 1 heterocycles. The molecule has 2 aromatic rings. The Morgan fingerprint density at radius 2 is 2.00 bits per heavy atom. The lowest BCUT2D eigenvalue weighted by atomic mass is 10.1. The van der Waals surface area contributed by atoms with E-state index in [1.54, 1.807) is 24.3 Å². The fourth-order valence-corrected chi connectivity index (χ4v) is 2.26.